The summed E-state index contributed by atoms with van der Waals surface area (Å²) in [4.78, 5) is 53.1. The molecule has 37 heavy (non-hydrogen) atoms. The van der Waals surface area contributed by atoms with Crippen LogP contribution in [0, 0.1) is 0 Å². The molecule has 2 atom stereocenters. The minimum atomic E-state index is -1.01. The summed E-state index contributed by atoms with van der Waals surface area (Å²) in [6.07, 6.45) is 19.6. The lowest BCUT2D eigenvalue weighted by Crippen LogP contribution is -2.39. The average Bonchev–Trinajstić information content (AvgIpc) is 2.84. The molecule has 1 unspecified atom stereocenters. The van der Waals surface area contributed by atoms with Crippen LogP contribution in [-0.2, 0) is 24.0 Å². The van der Waals surface area contributed by atoms with Gasteiger partial charge < -0.3 is 25.6 Å². The highest BCUT2D eigenvalue weighted by Crippen LogP contribution is 2.13. The Morgan fingerprint density at radius 2 is 1.19 bits per heavy atom. The summed E-state index contributed by atoms with van der Waals surface area (Å²) in [5.41, 5.74) is 0. The summed E-state index contributed by atoms with van der Waals surface area (Å²) in [6, 6.07) is -1.42. The number of nitrogens with one attached hydrogen (secondary N) is 2. The number of hydrogen-bond acceptors (Lipinski definition) is 6. The fraction of sp³-hybridized carbons (Fsp3) is 0.815. The predicted octanol–water partition coefficient (Wildman–Crippen LogP) is 4.91. The van der Waals surface area contributed by atoms with Crippen molar-refractivity contribution < 1.29 is 34.2 Å². The zero-order chi connectivity index (χ0) is 28.3. The number of hydrogen-bond donors (Lipinski definition) is 5. The van der Waals surface area contributed by atoms with Crippen LogP contribution in [0.25, 0.3) is 0 Å². The Morgan fingerprint density at radius 1 is 0.757 bits per heavy atom. The molecule has 9 nitrogen and oxygen atoms in total. The van der Waals surface area contributed by atoms with Gasteiger partial charge in [0.25, 0.3) is 0 Å². The number of likely N-dealkylation sites (N-methyl/N-ethyl adjacent to an activating group) is 1. The van der Waals surface area contributed by atoms with Gasteiger partial charge in [-0.1, -0.05) is 77.0 Å². The van der Waals surface area contributed by atoms with Crippen molar-refractivity contribution in [2.75, 3.05) is 7.05 Å². The molecule has 0 fully saturated rings. The minimum absolute atomic E-state index is 0.0448. The van der Waals surface area contributed by atoms with Gasteiger partial charge in [0.1, 0.15) is 12.3 Å². The average molecular weight is 547 g/mol. The Balaban J connectivity index is 0. The molecule has 0 radical (unpaired) electrons. The van der Waals surface area contributed by atoms with Crippen molar-refractivity contribution in [2.45, 2.75) is 135 Å². The molecule has 4 N–H and O–H groups in total. The molecule has 0 rings (SSSR count). The molecule has 0 aliphatic rings. The van der Waals surface area contributed by atoms with E-state index < -0.39 is 29.1 Å². The number of carbonyl (C=O) groups excluding carboxylic acids is 3. The Morgan fingerprint density at radius 3 is 1.54 bits per heavy atom. The zero-order valence-electron chi connectivity index (χ0n) is 22.8. The third-order valence-corrected chi connectivity index (χ3v) is 6.40. The molecule has 0 saturated heterocycles. The van der Waals surface area contributed by atoms with Crippen molar-refractivity contribution in [1.82, 2.24) is 10.6 Å². The van der Waals surface area contributed by atoms with Crippen molar-refractivity contribution in [3.8, 4) is 0 Å². The maximum absolute atomic E-state index is 11.3. The number of rotatable bonds is 24. The first-order valence-corrected chi connectivity index (χ1v) is 14.2. The Kier molecular flexibility index (Phi) is 27.3. The molecule has 0 saturated carbocycles. The van der Waals surface area contributed by atoms with Crippen LogP contribution < -0.4 is 10.6 Å². The van der Waals surface area contributed by atoms with E-state index in [9.17, 15) is 24.0 Å². The van der Waals surface area contributed by atoms with Gasteiger partial charge in [0.05, 0.1) is 6.04 Å². The lowest BCUT2D eigenvalue weighted by atomic mass is 10.0. The first-order chi connectivity index (χ1) is 17.6. The summed E-state index contributed by atoms with van der Waals surface area (Å²) in [5.74, 6) is -2.04. The van der Waals surface area contributed by atoms with E-state index in [1.807, 2.05) is 0 Å². The summed E-state index contributed by atoms with van der Waals surface area (Å²) < 4.78 is 0. The second kappa shape index (κ2) is 27.1. The first kappa shape index (κ1) is 37.2. The van der Waals surface area contributed by atoms with Crippen LogP contribution in [0.1, 0.15) is 122 Å². The van der Waals surface area contributed by atoms with Gasteiger partial charge in [0, 0.05) is 19.3 Å². The van der Waals surface area contributed by atoms with Gasteiger partial charge >= 0.3 is 11.9 Å². The first-order valence-electron chi connectivity index (χ1n) is 13.7. The molecular formula is C27H50N2O7S. The summed E-state index contributed by atoms with van der Waals surface area (Å²) in [7, 11) is 1.51. The van der Waals surface area contributed by atoms with Crippen LogP contribution in [0.5, 0.6) is 0 Å². The highest BCUT2D eigenvalue weighted by molar-refractivity contribution is 7.96. The van der Waals surface area contributed by atoms with E-state index in [4.69, 9.17) is 10.2 Å². The van der Waals surface area contributed by atoms with E-state index in [1.54, 1.807) is 0 Å². The van der Waals surface area contributed by atoms with Gasteiger partial charge in [0.2, 0.25) is 11.0 Å². The molecule has 0 bridgehead atoms. The van der Waals surface area contributed by atoms with Gasteiger partial charge in [-0.3, -0.25) is 19.2 Å². The van der Waals surface area contributed by atoms with E-state index in [-0.39, 0.29) is 18.7 Å². The van der Waals surface area contributed by atoms with E-state index >= 15 is 0 Å². The SMILES string of the molecule is CN[C@@H](CCC(=O)NC(C)C(=O)S)C(=O)O.O=CCCCCCCCCCCCCCCCCC(=O)O. The second-order valence-corrected chi connectivity index (χ2v) is 9.84. The van der Waals surface area contributed by atoms with Crippen molar-refractivity contribution in [3.05, 3.63) is 0 Å². The monoisotopic (exact) mass is 546 g/mol. The zero-order valence-corrected chi connectivity index (χ0v) is 23.7. The molecule has 0 aromatic rings. The van der Waals surface area contributed by atoms with Crippen molar-refractivity contribution in [1.29, 1.82) is 0 Å². The fourth-order valence-electron chi connectivity index (χ4n) is 3.67. The number of carbonyl (C=O) groups is 5. The van der Waals surface area contributed by atoms with E-state index in [2.05, 4.69) is 23.3 Å². The van der Waals surface area contributed by atoms with E-state index in [0.717, 1.165) is 32.0 Å². The lowest BCUT2D eigenvalue weighted by molar-refractivity contribution is -0.140. The number of amides is 1. The van der Waals surface area contributed by atoms with Crippen molar-refractivity contribution in [2.24, 2.45) is 0 Å². The van der Waals surface area contributed by atoms with Crippen LogP contribution in [-0.4, -0.2) is 58.6 Å². The third-order valence-electron chi connectivity index (χ3n) is 6.02. The Bertz CT molecular complexity index is 632. The third kappa shape index (κ3) is 28.5. The highest BCUT2D eigenvalue weighted by Gasteiger charge is 2.18. The van der Waals surface area contributed by atoms with Gasteiger partial charge in [-0.05, 0) is 33.2 Å². The highest BCUT2D eigenvalue weighted by atomic mass is 32.1. The van der Waals surface area contributed by atoms with E-state index in [0.29, 0.717) is 6.42 Å². The lowest BCUT2D eigenvalue weighted by Gasteiger charge is -2.12. The maximum atomic E-state index is 11.3. The number of aldehydes is 1. The number of unbranched alkanes of at least 4 members (excludes halogenated alkanes) is 14. The van der Waals surface area contributed by atoms with Crippen LogP contribution >= 0.6 is 12.6 Å². The minimum Gasteiger partial charge on any atom is -0.481 e. The van der Waals surface area contributed by atoms with E-state index in [1.165, 1.54) is 84.6 Å². The standard InChI is InChI=1S/C18H34O3.C9H16N2O4S/c19-17-15-13-11-9-7-5-3-1-2-4-6-8-10-12-14-16-18(20)21;1-5(9(15)16)11-7(12)4-3-6(10-2)8(13)14/h17H,1-16H2,(H,20,21);5-6,10H,3-4H2,1-2H3,(H,11,12)(H,13,14)(H,15,16)/t;5?,6-/m.0/s1. The van der Waals surface area contributed by atoms with Crippen LogP contribution in [0.2, 0.25) is 0 Å². The van der Waals surface area contributed by atoms with Crippen molar-refractivity contribution >= 4 is 41.9 Å². The molecule has 0 heterocycles. The largest absolute Gasteiger partial charge is 0.481 e. The molecule has 10 heteroatoms. The molecule has 1 amide bonds. The molecule has 0 aromatic carbocycles. The molecule has 0 aliphatic carbocycles. The summed E-state index contributed by atoms with van der Waals surface area (Å²) in [5, 5.41) is 21.8. The molecule has 0 aromatic heterocycles. The number of carboxylic acid groups (broad SMARTS) is 2. The van der Waals surface area contributed by atoms with Crippen LogP contribution in [0.3, 0.4) is 0 Å². The Labute approximate surface area is 228 Å². The fourth-order valence-corrected chi connectivity index (χ4v) is 3.73. The second-order valence-electron chi connectivity index (χ2n) is 9.39. The van der Waals surface area contributed by atoms with Gasteiger partial charge in [-0.15, -0.1) is 12.6 Å². The van der Waals surface area contributed by atoms with Crippen molar-refractivity contribution in [3.63, 3.8) is 0 Å². The molecular weight excluding hydrogens is 496 g/mol. The van der Waals surface area contributed by atoms with Gasteiger partial charge in [-0.2, -0.15) is 0 Å². The Hall–Kier alpha value is -1.94. The molecule has 0 spiro atoms. The van der Waals surface area contributed by atoms with Gasteiger partial charge in [-0.25, -0.2) is 0 Å². The quantitative estimate of drug-likeness (QED) is 0.0651. The normalized spacial score (nSPS) is 12.1. The van der Waals surface area contributed by atoms with Crippen LogP contribution in [0.15, 0.2) is 0 Å². The number of thiol groups is 1. The predicted molar refractivity (Wildman–Crippen MR) is 149 cm³/mol. The van der Waals surface area contributed by atoms with Gasteiger partial charge in [0.15, 0.2) is 0 Å². The smallest absolute Gasteiger partial charge is 0.320 e. The topological polar surface area (TPSA) is 150 Å². The maximum Gasteiger partial charge on any atom is 0.320 e. The number of carboxylic acids is 2. The number of aliphatic carboxylic acids is 2. The summed E-state index contributed by atoms with van der Waals surface area (Å²) >= 11 is 3.57. The summed E-state index contributed by atoms with van der Waals surface area (Å²) in [6.45, 7) is 1.51. The van der Waals surface area contributed by atoms with Crippen LogP contribution in [0.4, 0.5) is 0 Å². The molecule has 216 valence electrons. The molecule has 0 aliphatic heterocycles.